The number of hydrogen-bond acceptors (Lipinski definition) is 2. The number of hydrogen-bond donors (Lipinski definition) is 0. The zero-order valence-corrected chi connectivity index (χ0v) is 12.0. The fourth-order valence-corrected chi connectivity index (χ4v) is 2.74. The van der Waals surface area contributed by atoms with Crippen LogP contribution in [0.4, 0.5) is 8.78 Å². The van der Waals surface area contributed by atoms with Gasteiger partial charge in [-0.1, -0.05) is 28.1 Å². The van der Waals surface area contributed by atoms with E-state index in [2.05, 4.69) is 20.7 Å². The van der Waals surface area contributed by atoms with E-state index in [1.54, 1.807) is 12.1 Å². The van der Waals surface area contributed by atoms with Crippen LogP contribution in [-0.2, 0) is 4.79 Å². The monoisotopic (exact) mass is 404 g/mol. The Morgan fingerprint density at radius 1 is 1.50 bits per heavy atom. The molecule has 88 valence electrons. The van der Waals surface area contributed by atoms with Gasteiger partial charge in [0.2, 0.25) is 0 Å². The van der Waals surface area contributed by atoms with E-state index in [1.807, 2.05) is 22.6 Å². The smallest absolute Gasteiger partial charge is 0.387 e. The number of carbonyl (C=O) groups is 1. The minimum atomic E-state index is -2.87. The molecule has 0 spiro atoms. The maximum absolute atomic E-state index is 12.1. The molecular formula is C10H8BrF2IO2. The van der Waals surface area contributed by atoms with E-state index in [0.717, 1.165) is 0 Å². The van der Waals surface area contributed by atoms with Crippen molar-refractivity contribution in [2.45, 2.75) is 18.4 Å². The molecule has 1 aromatic rings. The van der Waals surface area contributed by atoms with Gasteiger partial charge in [0.15, 0.2) is 0 Å². The Hall–Kier alpha value is -0.240. The molecule has 0 saturated heterocycles. The minimum absolute atomic E-state index is 0.0822. The molecule has 0 radical (unpaired) electrons. The van der Waals surface area contributed by atoms with Crippen LogP contribution in [0.3, 0.4) is 0 Å². The highest BCUT2D eigenvalue weighted by Crippen LogP contribution is 2.33. The second-order valence-electron chi connectivity index (χ2n) is 3.01. The molecule has 0 amide bonds. The normalized spacial score (nSPS) is 12.6. The lowest BCUT2D eigenvalue weighted by Gasteiger charge is -2.13. The van der Waals surface area contributed by atoms with Crippen LogP contribution in [0.15, 0.2) is 18.2 Å². The van der Waals surface area contributed by atoms with Crippen LogP contribution in [-0.4, -0.2) is 12.4 Å². The van der Waals surface area contributed by atoms with Gasteiger partial charge >= 0.3 is 6.61 Å². The Balaban J connectivity index is 3.08. The zero-order valence-electron chi connectivity index (χ0n) is 8.22. The van der Waals surface area contributed by atoms with Gasteiger partial charge in [0.1, 0.15) is 11.5 Å². The molecule has 0 bridgehead atoms. The topological polar surface area (TPSA) is 26.3 Å². The number of halogens is 4. The first-order chi connectivity index (χ1) is 7.43. The number of alkyl halides is 3. The first-order valence-corrected chi connectivity index (χ1v) is 6.30. The van der Waals surface area contributed by atoms with Gasteiger partial charge in [0.05, 0.1) is 8.40 Å². The molecular weight excluding hydrogens is 397 g/mol. The molecule has 2 nitrogen and oxygen atoms in total. The number of carbonyl (C=O) groups excluding carboxylic acids is 1. The van der Waals surface area contributed by atoms with E-state index in [0.29, 0.717) is 9.13 Å². The summed E-state index contributed by atoms with van der Waals surface area (Å²) < 4.78 is 29.0. The van der Waals surface area contributed by atoms with Crippen molar-refractivity contribution in [2.24, 2.45) is 0 Å². The molecule has 0 aliphatic rings. The number of rotatable bonds is 4. The maximum Gasteiger partial charge on any atom is 0.387 e. The highest BCUT2D eigenvalue weighted by molar-refractivity contribution is 14.1. The third kappa shape index (κ3) is 3.38. The fourth-order valence-electron chi connectivity index (χ4n) is 1.13. The van der Waals surface area contributed by atoms with Crippen LogP contribution < -0.4 is 4.74 Å². The minimum Gasteiger partial charge on any atom is -0.434 e. The molecule has 16 heavy (non-hydrogen) atoms. The number of ketones is 1. The van der Waals surface area contributed by atoms with E-state index in [9.17, 15) is 13.6 Å². The molecule has 0 aromatic heterocycles. The van der Waals surface area contributed by atoms with Crippen molar-refractivity contribution in [1.29, 1.82) is 0 Å². The molecule has 0 fully saturated rings. The van der Waals surface area contributed by atoms with E-state index in [4.69, 9.17) is 0 Å². The summed E-state index contributed by atoms with van der Waals surface area (Å²) in [6.07, 6.45) is 0. The molecule has 1 atom stereocenters. The number of ether oxygens (including phenoxy) is 1. The molecule has 0 heterocycles. The van der Waals surface area contributed by atoms with E-state index < -0.39 is 11.4 Å². The third-order valence-corrected chi connectivity index (χ3v) is 4.13. The summed E-state index contributed by atoms with van der Waals surface area (Å²) in [5, 5.41) is 0. The average Bonchev–Trinajstić information content (AvgIpc) is 2.19. The van der Waals surface area contributed by atoms with Gasteiger partial charge in [-0.05, 0) is 41.1 Å². The summed E-state index contributed by atoms with van der Waals surface area (Å²) in [4.78, 5) is 10.7. The van der Waals surface area contributed by atoms with Crippen molar-refractivity contribution >= 4 is 44.3 Å². The number of Topliss-reactive ketones (excluding diaryl/α,β-unsaturated/α-hetero) is 1. The molecule has 0 saturated carbocycles. The first-order valence-electron chi connectivity index (χ1n) is 4.31. The Bertz CT molecular complexity index is 398. The summed E-state index contributed by atoms with van der Waals surface area (Å²) in [6, 6.07) is 4.71. The highest BCUT2D eigenvalue weighted by Gasteiger charge is 2.19. The third-order valence-electron chi connectivity index (χ3n) is 1.84. The molecule has 1 unspecified atom stereocenters. The van der Waals surface area contributed by atoms with Gasteiger partial charge in [0.25, 0.3) is 0 Å². The van der Waals surface area contributed by atoms with Crippen LogP contribution in [0.25, 0.3) is 0 Å². The van der Waals surface area contributed by atoms with Gasteiger partial charge < -0.3 is 4.74 Å². The standard InChI is InChI=1S/C10H8BrF2IO2/c1-5(15)8(11)6-3-2-4-7(9(6)14)16-10(12)13/h2-4,8,10H,1H3. The van der Waals surface area contributed by atoms with Crippen LogP contribution in [0.5, 0.6) is 5.75 Å². The predicted molar refractivity (Wildman–Crippen MR) is 68.1 cm³/mol. The quantitative estimate of drug-likeness (QED) is 0.561. The Labute approximate surface area is 114 Å². The van der Waals surface area contributed by atoms with Crippen molar-refractivity contribution in [3.8, 4) is 5.75 Å². The van der Waals surface area contributed by atoms with E-state index in [-0.39, 0.29) is 11.5 Å². The van der Waals surface area contributed by atoms with Crippen LogP contribution in [0.2, 0.25) is 0 Å². The van der Waals surface area contributed by atoms with Crippen molar-refractivity contribution in [1.82, 2.24) is 0 Å². The van der Waals surface area contributed by atoms with E-state index in [1.165, 1.54) is 13.0 Å². The maximum atomic E-state index is 12.1. The average molecular weight is 405 g/mol. The molecule has 0 aliphatic heterocycles. The summed E-state index contributed by atoms with van der Waals surface area (Å²) in [5.74, 6) is -0.00841. The van der Waals surface area contributed by atoms with Gasteiger partial charge in [-0.15, -0.1) is 0 Å². The van der Waals surface area contributed by atoms with Gasteiger partial charge in [-0.2, -0.15) is 8.78 Å². The largest absolute Gasteiger partial charge is 0.434 e. The van der Waals surface area contributed by atoms with Crippen LogP contribution >= 0.6 is 38.5 Å². The van der Waals surface area contributed by atoms with Crippen molar-refractivity contribution in [3.05, 3.63) is 27.3 Å². The van der Waals surface area contributed by atoms with Crippen LogP contribution in [0.1, 0.15) is 17.3 Å². The fraction of sp³-hybridized carbons (Fsp3) is 0.300. The van der Waals surface area contributed by atoms with Crippen molar-refractivity contribution in [3.63, 3.8) is 0 Å². The Morgan fingerprint density at radius 3 is 2.62 bits per heavy atom. The second kappa shape index (κ2) is 5.90. The lowest BCUT2D eigenvalue weighted by Crippen LogP contribution is -2.07. The van der Waals surface area contributed by atoms with Gasteiger partial charge in [-0.3, -0.25) is 4.79 Å². The molecule has 0 aliphatic carbocycles. The molecule has 1 aromatic carbocycles. The summed E-state index contributed by atoms with van der Waals surface area (Å²) in [7, 11) is 0. The lowest BCUT2D eigenvalue weighted by molar-refractivity contribution is -0.116. The van der Waals surface area contributed by atoms with Crippen LogP contribution in [0, 0.1) is 3.57 Å². The summed E-state index contributed by atoms with van der Waals surface area (Å²) in [6.45, 7) is -1.44. The zero-order chi connectivity index (χ0) is 12.3. The SMILES string of the molecule is CC(=O)C(Br)c1cccc(OC(F)F)c1I. The van der Waals surface area contributed by atoms with Gasteiger partial charge in [-0.25, -0.2) is 0 Å². The molecule has 6 heteroatoms. The van der Waals surface area contributed by atoms with Gasteiger partial charge in [0, 0.05) is 0 Å². The summed E-state index contributed by atoms with van der Waals surface area (Å²) in [5.41, 5.74) is 0.631. The first kappa shape index (κ1) is 13.8. The van der Waals surface area contributed by atoms with Crippen molar-refractivity contribution < 1.29 is 18.3 Å². The Kier molecular flexibility index (Phi) is 5.10. The predicted octanol–water partition coefficient (Wildman–Crippen LogP) is 3.92. The highest BCUT2D eigenvalue weighted by atomic mass is 127. The second-order valence-corrected chi connectivity index (χ2v) is 5.01. The molecule has 1 rings (SSSR count). The lowest BCUT2D eigenvalue weighted by atomic mass is 10.1. The van der Waals surface area contributed by atoms with E-state index >= 15 is 0 Å². The van der Waals surface area contributed by atoms with Crippen molar-refractivity contribution in [2.75, 3.05) is 0 Å². The molecule has 0 N–H and O–H groups in total. The summed E-state index contributed by atoms with van der Waals surface area (Å²) >= 11 is 5.09. The number of benzene rings is 1. The Morgan fingerprint density at radius 2 is 2.12 bits per heavy atom.